The minimum atomic E-state index is -3.64. The van der Waals surface area contributed by atoms with Gasteiger partial charge in [0.1, 0.15) is 0 Å². The zero-order valence-electron chi connectivity index (χ0n) is 13.2. The van der Waals surface area contributed by atoms with Gasteiger partial charge in [-0.15, -0.1) is 12.4 Å². The standard InChI is InChI=1S/C15H23N3O3S.ClH/c1-17(22(20,21)14-8-3-2-4-9-14)12-15(19)18-10-6-5-7-13(18)11-16;/h2-4,8-9,13H,5-7,10-12,16H2,1H3;1H. The summed E-state index contributed by atoms with van der Waals surface area (Å²) in [5, 5.41) is 0. The quantitative estimate of drug-likeness (QED) is 0.850. The fourth-order valence-electron chi connectivity index (χ4n) is 2.71. The molecule has 0 aromatic heterocycles. The average molecular weight is 362 g/mol. The van der Waals surface area contributed by atoms with Gasteiger partial charge in [-0.3, -0.25) is 4.79 Å². The minimum Gasteiger partial charge on any atom is -0.337 e. The van der Waals surface area contributed by atoms with Crippen LogP contribution in [0.25, 0.3) is 0 Å². The van der Waals surface area contributed by atoms with Crippen molar-refractivity contribution < 1.29 is 13.2 Å². The summed E-state index contributed by atoms with van der Waals surface area (Å²) in [5.41, 5.74) is 5.71. The lowest BCUT2D eigenvalue weighted by Crippen LogP contribution is -2.50. The number of carbonyl (C=O) groups is 1. The number of hydrogen-bond acceptors (Lipinski definition) is 4. The number of likely N-dealkylation sites (N-methyl/N-ethyl adjacent to an activating group) is 1. The molecule has 0 bridgehead atoms. The molecule has 8 heteroatoms. The van der Waals surface area contributed by atoms with Gasteiger partial charge >= 0.3 is 0 Å². The van der Waals surface area contributed by atoms with Crippen molar-refractivity contribution in [2.75, 3.05) is 26.7 Å². The normalized spacial score (nSPS) is 18.6. The van der Waals surface area contributed by atoms with Crippen LogP contribution >= 0.6 is 12.4 Å². The molecule has 1 aromatic carbocycles. The van der Waals surface area contributed by atoms with Gasteiger partial charge < -0.3 is 10.6 Å². The highest BCUT2D eigenvalue weighted by Gasteiger charge is 2.29. The number of nitrogens with zero attached hydrogens (tertiary/aromatic N) is 2. The van der Waals surface area contributed by atoms with Crippen LogP contribution in [0.15, 0.2) is 35.2 Å². The first-order chi connectivity index (χ1) is 10.5. The van der Waals surface area contributed by atoms with E-state index in [0.29, 0.717) is 13.1 Å². The van der Waals surface area contributed by atoms with Crippen LogP contribution < -0.4 is 5.73 Å². The number of likely N-dealkylation sites (tertiary alicyclic amines) is 1. The summed E-state index contributed by atoms with van der Waals surface area (Å²) in [6.07, 6.45) is 2.89. The molecule has 0 radical (unpaired) electrons. The van der Waals surface area contributed by atoms with Gasteiger partial charge in [-0.05, 0) is 31.4 Å². The second-order valence-corrected chi connectivity index (χ2v) is 7.59. The molecular weight excluding hydrogens is 338 g/mol. The Hall–Kier alpha value is -1.15. The van der Waals surface area contributed by atoms with E-state index in [4.69, 9.17) is 5.73 Å². The molecular formula is C15H24ClN3O3S. The van der Waals surface area contributed by atoms with Crippen molar-refractivity contribution in [2.45, 2.75) is 30.2 Å². The molecule has 0 saturated carbocycles. The topological polar surface area (TPSA) is 83.7 Å². The number of rotatable bonds is 5. The largest absolute Gasteiger partial charge is 0.337 e. The fourth-order valence-corrected chi connectivity index (χ4v) is 3.85. The number of piperidine rings is 1. The van der Waals surface area contributed by atoms with Gasteiger partial charge in [0, 0.05) is 26.2 Å². The lowest BCUT2D eigenvalue weighted by atomic mass is 10.0. The van der Waals surface area contributed by atoms with Crippen molar-refractivity contribution in [3.8, 4) is 0 Å². The number of halogens is 1. The van der Waals surface area contributed by atoms with E-state index in [1.54, 1.807) is 23.1 Å². The third-order valence-corrected chi connectivity index (χ3v) is 5.85. The predicted octanol–water partition coefficient (Wildman–Crippen LogP) is 1.07. The molecule has 1 unspecified atom stereocenters. The van der Waals surface area contributed by atoms with E-state index in [2.05, 4.69) is 0 Å². The Morgan fingerprint density at radius 2 is 1.96 bits per heavy atom. The van der Waals surface area contributed by atoms with E-state index in [-0.39, 0.29) is 35.8 Å². The summed E-state index contributed by atoms with van der Waals surface area (Å²) in [5.74, 6) is -0.183. The Kier molecular flexibility index (Phi) is 7.47. The summed E-state index contributed by atoms with van der Waals surface area (Å²) < 4.78 is 26.0. The van der Waals surface area contributed by atoms with Crippen LogP contribution in [0.4, 0.5) is 0 Å². The number of sulfonamides is 1. The molecule has 1 aliphatic rings. The number of benzene rings is 1. The van der Waals surface area contributed by atoms with E-state index in [9.17, 15) is 13.2 Å². The third kappa shape index (κ3) is 4.67. The molecule has 1 atom stereocenters. The van der Waals surface area contributed by atoms with Crippen molar-refractivity contribution in [1.29, 1.82) is 0 Å². The molecule has 130 valence electrons. The van der Waals surface area contributed by atoms with Crippen LogP contribution in [0, 0.1) is 0 Å². The summed E-state index contributed by atoms with van der Waals surface area (Å²) in [7, 11) is -2.21. The van der Waals surface area contributed by atoms with Crippen molar-refractivity contribution in [3.05, 3.63) is 30.3 Å². The number of carbonyl (C=O) groups excluding carboxylic acids is 1. The van der Waals surface area contributed by atoms with Crippen LogP contribution in [0.2, 0.25) is 0 Å². The zero-order valence-corrected chi connectivity index (χ0v) is 14.9. The van der Waals surface area contributed by atoms with Gasteiger partial charge in [0.15, 0.2) is 0 Å². The van der Waals surface area contributed by atoms with E-state index in [0.717, 1.165) is 23.6 Å². The first kappa shape index (κ1) is 19.9. The first-order valence-corrected chi connectivity index (χ1v) is 8.91. The van der Waals surface area contributed by atoms with Crippen molar-refractivity contribution in [1.82, 2.24) is 9.21 Å². The summed E-state index contributed by atoms with van der Waals surface area (Å²) >= 11 is 0. The SMILES string of the molecule is CN(CC(=O)N1CCCCC1CN)S(=O)(=O)c1ccccc1.Cl. The Bertz CT molecular complexity index is 610. The predicted molar refractivity (Wildman–Crippen MR) is 91.9 cm³/mol. The van der Waals surface area contributed by atoms with Crippen LogP contribution in [0.5, 0.6) is 0 Å². The molecule has 6 nitrogen and oxygen atoms in total. The van der Waals surface area contributed by atoms with E-state index in [1.165, 1.54) is 19.2 Å². The zero-order chi connectivity index (χ0) is 16.2. The van der Waals surface area contributed by atoms with Gasteiger partial charge in [0.2, 0.25) is 15.9 Å². The van der Waals surface area contributed by atoms with E-state index < -0.39 is 10.0 Å². The smallest absolute Gasteiger partial charge is 0.243 e. The molecule has 23 heavy (non-hydrogen) atoms. The third-order valence-electron chi connectivity index (χ3n) is 4.03. The highest BCUT2D eigenvalue weighted by Crippen LogP contribution is 2.18. The molecule has 1 fully saturated rings. The Balaban J connectivity index is 0.00000264. The Morgan fingerprint density at radius 3 is 2.57 bits per heavy atom. The molecule has 1 saturated heterocycles. The molecule has 1 amide bonds. The first-order valence-electron chi connectivity index (χ1n) is 7.47. The monoisotopic (exact) mass is 361 g/mol. The Morgan fingerprint density at radius 1 is 1.30 bits per heavy atom. The Labute approximate surface area is 144 Å². The minimum absolute atomic E-state index is 0. The fraction of sp³-hybridized carbons (Fsp3) is 0.533. The molecule has 2 N–H and O–H groups in total. The van der Waals surface area contributed by atoms with Crippen molar-refractivity contribution in [2.24, 2.45) is 5.73 Å². The van der Waals surface area contributed by atoms with Gasteiger partial charge in [0.25, 0.3) is 0 Å². The van der Waals surface area contributed by atoms with E-state index >= 15 is 0 Å². The second kappa shape index (κ2) is 8.63. The molecule has 1 aromatic rings. The number of nitrogens with two attached hydrogens (primary N) is 1. The average Bonchev–Trinajstić information content (AvgIpc) is 2.55. The highest BCUT2D eigenvalue weighted by atomic mass is 35.5. The van der Waals surface area contributed by atoms with Crippen LogP contribution in [-0.2, 0) is 14.8 Å². The molecule has 0 spiro atoms. The van der Waals surface area contributed by atoms with E-state index in [1.807, 2.05) is 0 Å². The van der Waals surface area contributed by atoms with Crippen LogP contribution in [0.1, 0.15) is 19.3 Å². The molecule has 2 rings (SSSR count). The van der Waals surface area contributed by atoms with Crippen LogP contribution in [-0.4, -0.2) is 56.3 Å². The summed E-state index contributed by atoms with van der Waals surface area (Å²) in [4.78, 5) is 14.3. The molecule has 1 heterocycles. The van der Waals surface area contributed by atoms with Crippen molar-refractivity contribution >= 4 is 28.3 Å². The highest BCUT2D eigenvalue weighted by molar-refractivity contribution is 7.89. The number of hydrogen-bond donors (Lipinski definition) is 1. The number of amides is 1. The van der Waals surface area contributed by atoms with Gasteiger partial charge in [-0.1, -0.05) is 18.2 Å². The maximum Gasteiger partial charge on any atom is 0.243 e. The van der Waals surface area contributed by atoms with Crippen LogP contribution in [0.3, 0.4) is 0 Å². The molecule has 1 aliphatic heterocycles. The molecule has 0 aliphatic carbocycles. The maximum absolute atomic E-state index is 12.4. The lowest BCUT2D eigenvalue weighted by Gasteiger charge is -2.35. The summed E-state index contributed by atoms with van der Waals surface area (Å²) in [6, 6.07) is 8.16. The second-order valence-electron chi connectivity index (χ2n) is 5.55. The maximum atomic E-state index is 12.4. The summed E-state index contributed by atoms with van der Waals surface area (Å²) in [6.45, 7) is 0.911. The van der Waals surface area contributed by atoms with Crippen molar-refractivity contribution in [3.63, 3.8) is 0 Å². The van der Waals surface area contributed by atoms with Gasteiger partial charge in [0.05, 0.1) is 11.4 Å². The van der Waals surface area contributed by atoms with Gasteiger partial charge in [-0.2, -0.15) is 4.31 Å². The lowest BCUT2D eigenvalue weighted by molar-refractivity contribution is -0.134. The van der Waals surface area contributed by atoms with Gasteiger partial charge in [-0.25, -0.2) is 8.42 Å².